The van der Waals surface area contributed by atoms with E-state index in [1.165, 1.54) is 19.4 Å². The first-order valence-electron chi connectivity index (χ1n) is 7.20. The van der Waals surface area contributed by atoms with E-state index in [1.807, 2.05) is 0 Å². The zero-order chi connectivity index (χ0) is 13.2. The van der Waals surface area contributed by atoms with Crippen LogP contribution in [0.4, 0.5) is 5.82 Å². The summed E-state index contributed by atoms with van der Waals surface area (Å²) < 4.78 is 0. The van der Waals surface area contributed by atoms with Crippen molar-refractivity contribution in [2.45, 2.75) is 24.8 Å². The summed E-state index contributed by atoms with van der Waals surface area (Å²) in [5, 5.41) is 12.3. The summed E-state index contributed by atoms with van der Waals surface area (Å²) in [7, 11) is 4.29. The first-order valence-corrected chi connectivity index (χ1v) is 7.20. The van der Waals surface area contributed by atoms with Crippen LogP contribution in [0.2, 0.25) is 0 Å². The van der Waals surface area contributed by atoms with Gasteiger partial charge in [-0.3, -0.25) is 0 Å². The van der Waals surface area contributed by atoms with Crippen LogP contribution in [0.3, 0.4) is 0 Å². The van der Waals surface area contributed by atoms with Gasteiger partial charge in [0.05, 0.1) is 5.69 Å². The fourth-order valence-corrected chi connectivity index (χ4v) is 3.07. The van der Waals surface area contributed by atoms with E-state index >= 15 is 0 Å². The molecule has 0 bridgehead atoms. The molecule has 1 aromatic heterocycles. The maximum absolute atomic E-state index is 4.45. The normalized spacial score (nSPS) is 27.9. The maximum atomic E-state index is 4.45. The predicted molar refractivity (Wildman–Crippen MR) is 76.6 cm³/mol. The average Bonchev–Trinajstić information content (AvgIpc) is 3.09. The van der Waals surface area contributed by atoms with E-state index in [-0.39, 0.29) is 0 Å². The minimum Gasteiger partial charge on any atom is -0.354 e. The van der Waals surface area contributed by atoms with E-state index in [0.717, 1.165) is 31.1 Å². The van der Waals surface area contributed by atoms with Crippen LogP contribution >= 0.6 is 0 Å². The lowest BCUT2D eigenvalue weighted by Crippen LogP contribution is -2.34. The number of hydrogen-bond acceptors (Lipinski definition) is 5. The molecular formula is C14H23N5. The summed E-state index contributed by atoms with van der Waals surface area (Å²) >= 11 is 0. The monoisotopic (exact) mass is 261 g/mol. The number of likely N-dealkylation sites (N-methyl/N-ethyl adjacent to an activating group) is 2. The fourth-order valence-electron chi connectivity index (χ4n) is 3.07. The van der Waals surface area contributed by atoms with Gasteiger partial charge >= 0.3 is 0 Å². The van der Waals surface area contributed by atoms with Gasteiger partial charge in [-0.1, -0.05) is 0 Å². The number of hydrogen-bond donors (Lipinski definition) is 1. The highest BCUT2D eigenvalue weighted by Crippen LogP contribution is 2.25. The summed E-state index contributed by atoms with van der Waals surface area (Å²) in [5.41, 5.74) is 1.14. The molecule has 2 atom stereocenters. The van der Waals surface area contributed by atoms with Crippen molar-refractivity contribution < 1.29 is 0 Å². The molecular weight excluding hydrogens is 238 g/mol. The lowest BCUT2D eigenvalue weighted by molar-refractivity contribution is 0.410. The smallest absolute Gasteiger partial charge is 0.151 e. The average molecular weight is 261 g/mol. The van der Waals surface area contributed by atoms with Crippen molar-refractivity contribution in [3.63, 3.8) is 0 Å². The second kappa shape index (κ2) is 5.43. The number of nitrogens with zero attached hydrogens (tertiary/aromatic N) is 4. The first-order chi connectivity index (χ1) is 9.24. The van der Waals surface area contributed by atoms with Crippen LogP contribution in [0, 0.1) is 0 Å². The van der Waals surface area contributed by atoms with Gasteiger partial charge in [-0.2, -0.15) is 5.10 Å². The molecule has 0 aliphatic carbocycles. The van der Waals surface area contributed by atoms with E-state index in [4.69, 9.17) is 0 Å². The van der Waals surface area contributed by atoms with Gasteiger partial charge in [-0.15, -0.1) is 5.10 Å². The summed E-state index contributed by atoms with van der Waals surface area (Å²) in [5.74, 6) is 1.55. The topological polar surface area (TPSA) is 44.3 Å². The summed E-state index contributed by atoms with van der Waals surface area (Å²) in [4.78, 5) is 4.61. The number of nitrogens with one attached hydrogen (secondary N) is 1. The summed E-state index contributed by atoms with van der Waals surface area (Å²) in [6.45, 7) is 4.43. The molecule has 2 aliphatic rings. The Hall–Kier alpha value is -1.20. The molecule has 3 rings (SSSR count). The van der Waals surface area contributed by atoms with Crippen LogP contribution < -0.4 is 10.2 Å². The van der Waals surface area contributed by atoms with Crippen molar-refractivity contribution in [1.29, 1.82) is 0 Å². The fraction of sp³-hybridized carbons (Fsp3) is 0.714. The van der Waals surface area contributed by atoms with E-state index in [9.17, 15) is 0 Å². The van der Waals surface area contributed by atoms with Crippen molar-refractivity contribution in [3.05, 3.63) is 17.8 Å². The molecule has 0 spiro atoms. The molecule has 5 nitrogen and oxygen atoms in total. The minimum atomic E-state index is 0.553. The van der Waals surface area contributed by atoms with Gasteiger partial charge in [-0.25, -0.2) is 0 Å². The van der Waals surface area contributed by atoms with Crippen molar-refractivity contribution >= 4 is 5.82 Å². The van der Waals surface area contributed by atoms with Gasteiger partial charge in [0.25, 0.3) is 0 Å². The van der Waals surface area contributed by atoms with E-state index < -0.39 is 0 Å². The van der Waals surface area contributed by atoms with Crippen molar-refractivity contribution in [2.75, 3.05) is 45.2 Å². The molecule has 3 heterocycles. The van der Waals surface area contributed by atoms with Crippen molar-refractivity contribution in [2.24, 2.45) is 0 Å². The number of rotatable bonds is 3. The Bertz CT molecular complexity index is 412. The van der Waals surface area contributed by atoms with Crippen LogP contribution in [0.15, 0.2) is 12.1 Å². The minimum absolute atomic E-state index is 0.553. The molecule has 1 N–H and O–H groups in total. The molecule has 104 valence electrons. The molecule has 0 saturated carbocycles. The van der Waals surface area contributed by atoms with Crippen molar-refractivity contribution in [1.82, 2.24) is 20.4 Å². The van der Waals surface area contributed by atoms with Gasteiger partial charge in [0.2, 0.25) is 0 Å². The number of anilines is 1. The zero-order valence-electron chi connectivity index (χ0n) is 11.8. The lowest BCUT2D eigenvalue weighted by Gasteiger charge is -2.24. The Morgan fingerprint density at radius 3 is 2.79 bits per heavy atom. The molecule has 0 amide bonds. The maximum Gasteiger partial charge on any atom is 0.151 e. The van der Waals surface area contributed by atoms with E-state index in [1.54, 1.807) is 0 Å². The van der Waals surface area contributed by atoms with Gasteiger partial charge in [0, 0.05) is 32.1 Å². The number of aromatic nitrogens is 2. The molecule has 2 unspecified atom stereocenters. The standard InChI is InChI=1S/C14H23N5/c1-18-8-6-11(10-18)13-3-4-14(17-16-13)19(2)12-5-7-15-9-12/h3-4,11-12,15H,5-10H2,1-2H3. The van der Waals surface area contributed by atoms with Gasteiger partial charge in [-0.05, 0) is 45.1 Å². The van der Waals surface area contributed by atoms with Crippen LogP contribution in [0.1, 0.15) is 24.5 Å². The quantitative estimate of drug-likeness (QED) is 0.867. The van der Waals surface area contributed by atoms with Crippen LogP contribution in [-0.4, -0.2) is 61.4 Å². The Morgan fingerprint density at radius 1 is 1.32 bits per heavy atom. The predicted octanol–water partition coefficient (Wildman–Crippen LogP) is 0.694. The molecule has 1 aromatic rings. The second-order valence-electron chi connectivity index (χ2n) is 5.82. The molecule has 2 saturated heterocycles. The third-order valence-corrected chi connectivity index (χ3v) is 4.42. The summed E-state index contributed by atoms with van der Waals surface area (Å²) in [6.07, 6.45) is 2.39. The molecule has 5 heteroatoms. The molecule has 19 heavy (non-hydrogen) atoms. The van der Waals surface area contributed by atoms with Gasteiger partial charge < -0.3 is 15.1 Å². The van der Waals surface area contributed by atoms with E-state index in [2.05, 4.69) is 51.5 Å². The third-order valence-electron chi connectivity index (χ3n) is 4.42. The molecule has 0 aromatic carbocycles. The molecule has 0 radical (unpaired) electrons. The molecule has 2 fully saturated rings. The van der Waals surface area contributed by atoms with Crippen LogP contribution in [-0.2, 0) is 0 Å². The highest BCUT2D eigenvalue weighted by atomic mass is 15.3. The zero-order valence-corrected chi connectivity index (χ0v) is 11.8. The first kappa shape index (κ1) is 12.8. The highest BCUT2D eigenvalue weighted by Gasteiger charge is 2.24. The largest absolute Gasteiger partial charge is 0.354 e. The Labute approximate surface area is 115 Å². The van der Waals surface area contributed by atoms with Gasteiger partial charge in [0.1, 0.15) is 0 Å². The Balaban J connectivity index is 1.68. The number of likely N-dealkylation sites (tertiary alicyclic amines) is 1. The second-order valence-corrected chi connectivity index (χ2v) is 5.82. The van der Waals surface area contributed by atoms with Gasteiger partial charge in [0.15, 0.2) is 5.82 Å². The van der Waals surface area contributed by atoms with Crippen LogP contribution in [0.25, 0.3) is 0 Å². The molecule has 2 aliphatic heterocycles. The highest BCUT2D eigenvalue weighted by molar-refractivity contribution is 5.38. The lowest BCUT2D eigenvalue weighted by atomic mass is 10.0. The Kier molecular flexibility index (Phi) is 3.66. The Morgan fingerprint density at radius 2 is 2.21 bits per heavy atom. The summed E-state index contributed by atoms with van der Waals surface area (Å²) in [6, 6.07) is 4.84. The SMILES string of the molecule is CN1CCC(c2ccc(N(C)C3CCNC3)nn2)C1. The van der Waals surface area contributed by atoms with Crippen molar-refractivity contribution in [3.8, 4) is 0 Å². The third kappa shape index (κ3) is 2.72. The van der Waals surface area contributed by atoms with E-state index in [0.29, 0.717) is 12.0 Å². The van der Waals surface area contributed by atoms with Crippen LogP contribution in [0.5, 0.6) is 0 Å².